The van der Waals surface area contributed by atoms with Crippen molar-refractivity contribution in [1.82, 2.24) is 15.0 Å². The largest absolute Gasteiger partial charge is 0.477 e. The van der Waals surface area contributed by atoms with Gasteiger partial charge in [-0.2, -0.15) is 9.41 Å². The van der Waals surface area contributed by atoms with Crippen LogP contribution in [0.2, 0.25) is 0 Å². The van der Waals surface area contributed by atoms with E-state index in [2.05, 4.69) is 52.1 Å². The first-order chi connectivity index (χ1) is 21.5. The Balaban J connectivity index is -0.000000267. The number of sulfonamides is 1. The van der Waals surface area contributed by atoms with Crippen LogP contribution < -0.4 is 16.5 Å². The predicted molar refractivity (Wildman–Crippen MR) is 193 cm³/mol. The normalized spacial score (nSPS) is 15.1. The van der Waals surface area contributed by atoms with E-state index in [9.17, 15) is 18.0 Å². The second-order valence-electron chi connectivity index (χ2n) is 9.05. The molecule has 0 spiro atoms. The van der Waals surface area contributed by atoms with E-state index in [0.717, 1.165) is 42.8 Å². The van der Waals surface area contributed by atoms with Crippen molar-refractivity contribution in [3.8, 4) is 24.7 Å². The van der Waals surface area contributed by atoms with Crippen LogP contribution in [0.25, 0.3) is 0 Å². The number of hydrogen-bond donors (Lipinski definition) is 4. The molecule has 0 atom stereocenters. The number of terminal acetylenes is 1. The molecule has 1 amide bonds. The smallest absolute Gasteiger partial charge is 0.344 e. The molecule has 1 saturated carbocycles. The lowest BCUT2D eigenvalue weighted by atomic mass is 10.1. The summed E-state index contributed by atoms with van der Waals surface area (Å²) >= 11 is 0.907. The SMILES string of the molecule is C#C.C=C(C#CC(C)C)S/C(=C/NC=O)C(=O)O.CC.CC.CN=CN/N=C/S(=O)(=O)N1CCCCC1.NC1CCCCCC1. The molecule has 2 fully saturated rings. The van der Waals surface area contributed by atoms with Gasteiger partial charge in [0.05, 0.1) is 4.91 Å². The van der Waals surface area contributed by atoms with E-state index in [1.54, 1.807) is 7.05 Å². The number of aliphatic carboxylic acids is 1. The van der Waals surface area contributed by atoms with Gasteiger partial charge in [0.1, 0.15) is 11.2 Å². The topological polar surface area (TPSA) is 167 Å². The molecular weight excluding hydrogens is 613 g/mol. The highest BCUT2D eigenvalue weighted by Gasteiger charge is 2.21. The molecule has 11 nitrogen and oxygen atoms in total. The second kappa shape index (κ2) is 35.4. The van der Waals surface area contributed by atoms with Crippen LogP contribution >= 0.6 is 11.8 Å². The second-order valence-corrected chi connectivity index (χ2v) is 11.9. The summed E-state index contributed by atoms with van der Waals surface area (Å²) in [7, 11) is -1.78. The van der Waals surface area contributed by atoms with Gasteiger partial charge in [-0.25, -0.2) is 13.2 Å². The molecule has 1 saturated heterocycles. The molecule has 0 aromatic carbocycles. The molecule has 5 N–H and O–H groups in total. The zero-order valence-electron chi connectivity index (χ0n) is 28.4. The molecule has 0 aromatic heterocycles. The van der Waals surface area contributed by atoms with E-state index in [1.807, 2.05) is 41.5 Å². The summed E-state index contributed by atoms with van der Waals surface area (Å²) in [5.74, 6) is 4.67. The maximum atomic E-state index is 11.6. The number of carboxylic acid groups (broad SMARTS) is 1. The number of carboxylic acids is 1. The molecule has 258 valence electrons. The summed E-state index contributed by atoms with van der Waals surface area (Å²) < 4.78 is 24.7. The fraction of sp³-hybridized carbons (Fsp3) is 0.625. The maximum Gasteiger partial charge on any atom is 0.344 e. The molecule has 0 bridgehead atoms. The van der Waals surface area contributed by atoms with Gasteiger partial charge in [-0.05, 0) is 25.7 Å². The highest BCUT2D eigenvalue weighted by atomic mass is 32.2. The molecule has 1 aliphatic heterocycles. The number of piperidine rings is 1. The summed E-state index contributed by atoms with van der Waals surface area (Å²) in [6.07, 6.45) is 21.8. The number of carbonyl (C=O) groups is 2. The Morgan fingerprint density at radius 2 is 1.58 bits per heavy atom. The first-order valence-corrected chi connectivity index (χ1v) is 17.6. The Morgan fingerprint density at radius 1 is 1.07 bits per heavy atom. The Labute approximate surface area is 278 Å². The van der Waals surface area contributed by atoms with Gasteiger partial charge in [0, 0.05) is 38.3 Å². The van der Waals surface area contributed by atoms with Crippen LogP contribution in [-0.4, -0.2) is 68.3 Å². The van der Waals surface area contributed by atoms with E-state index >= 15 is 0 Å². The van der Waals surface area contributed by atoms with Crippen LogP contribution in [0.4, 0.5) is 0 Å². The minimum Gasteiger partial charge on any atom is -0.477 e. The third kappa shape index (κ3) is 32.1. The number of rotatable bonds is 9. The summed E-state index contributed by atoms with van der Waals surface area (Å²) in [5, 5.41) is 14.5. The average molecular weight is 671 g/mol. The van der Waals surface area contributed by atoms with Crippen molar-refractivity contribution in [3.63, 3.8) is 0 Å². The maximum absolute atomic E-state index is 11.6. The molecule has 1 aliphatic carbocycles. The molecule has 0 radical (unpaired) electrons. The highest BCUT2D eigenvalue weighted by Crippen LogP contribution is 2.23. The number of amides is 1. The number of hydrogen-bond acceptors (Lipinski definition) is 8. The molecule has 0 unspecified atom stereocenters. The zero-order chi connectivity index (χ0) is 35.5. The van der Waals surface area contributed by atoms with Gasteiger partial charge in [0.15, 0.2) is 5.55 Å². The van der Waals surface area contributed by atoms with Crippen molar-refractivity contribution < 1.29 is 23.1 Å². The minimum atomic E-state index is -3.35. The summed E-state index contributed by atoms with van der Waals surface area (Å²) in [6.45, 7) is 16.7. The number of nitrogens with two attached hydrogens (primary N) is 1. The van der Waals surface area contributed by atoms with Crippen LogP contribution in [0.3, 0.4) is 0 Å². The van der Waals surface area contributed by atoms with Crippen molar-refractivity contribution >= 4 is 46.0 Å². The van der Waals surface area contributed by atoms with E-state index < -0.39 is 16.0 Å². The van der Waals surface area contributed by atoms with Crippen LogP contribution in [0.15, 0.2) is 32.7 Å². The molecule has 2 aliphatic rings. The third-order valence-corrected chi connectivity index (χ3v) is 7.57. The van der Waals surface area contributed by atoms with Crippen molar-refractivity contribution in [3.05, 3.63) is 22.6 Å². The van der Waals surface area contributed by atoms with Crippen molar-refractivity contribution in [1.29, 1.82) is 0 Å². The van der Waals surface area contributed by atoms with Gasteiger partial charge in [-0.15, -0.1) is 12.8 Å². The van der Waals surface area contributed by atoms with Gasteiger partial charge in [0.2, 0.25) is 6.41 Å². The standard InChI is InChI=1S/C11H13NO3S.C8H16N4O2S.C7H15N.2C2H6.C2H2/c1-8(2)4-5-9(3)16-10(11(14)15)6-12-7-13;1-9-7-10-11-8-15(13,14)12-5-3-2-4-6-12;8-7-5-3-1-2-4-6-7;3*1-2/h6-8H,3H2,1-2H3,(H,12,13)(H,14,15);7-8H,2-6H2,1H3,(H,9,10);7H,1-6,8H2;2*1-2H3;1-2H/b10-6+;11-8+;;;;. The van der Waals surface area contributed by atoms with Crippen molar-refractivity contribution in [2.24, 2.45) is 21.7 Å². The fourth-order valence-corrected chi connectivity index (χ4v) is 5.00. The van der Waals surface area contributed by atoms with E-state index in [0.29, 0.717) is 30.4 Å². The molecule has 1 heterocycles. The fourth-order valence-electron chi connectivity index (χ4n) is 3.31. The first-order valence-electron chi connectivity index (χ1n) is 15.3. The van der Waals surface area contributed by atoms with Crippen LogP contribution in [-0.2, 0) is 19.6 Å². The first kappa shape index (κ1) is 48.8. The zero-order valence-corrected chi connectivity index (χ0v) is 30.1. The van der Waals surface area contributed by atoms with Gasteiger partial charge in [-0.3, -0.25) is 15.2 Å². The van der Waals surface area contributed by atoms with Gasteiger partial charge in [0.25, 0.3) is 10.0 Å². The monoisotopic (exact) mass is 670 g/mol. The number of hydrazone groups is 1. The van der Waals surface area contributed by atoms with E-state index in [4.69, 9.17) is 10.8 Å². The molecule has 45 heavy (non-hydrogen) atoms. The van der Waals surface area contributed by atoms with E-state index in [-0.39, 0.29) is 10.8 Å². The predicted octanol–water partition coefficient (Wildman–Crippen LogP) is 5.53. The number of allylic oxidation sites excluding steroid dienone is 1. The molecular formula is C32H58N6O5S2. The Morgan fingerprint density at radius 3 is 2.02 bits per heavy atom. The highest BCUT2D eigenvalue weighted by molar-refractivity contribution is 8.07. The Bertz CT molecular complexity index is 1030. The minimum absolute atomic E-state index is 0.0323. The summed E-state index contributed by atoms with van der Waals surface area (Å²) in [4.78, 5) is 24.8. The van der Waals surface area contributed by atoms with Crippen LogP contribution in [0, 0.1) is 30.6 Å². The third-order valence-electron chi connectivity index (χ3n) is 5.25. The lowest BCUT2D eigenvalue weighted by Crippen LogP contribution is -2.36. The Hall–Kier alpha value is -3.10. The lowest BCUT2D eigenvalue weighted by molar-refractivity contribution is -0.131. The molecule has 13 heteroatoms. The van der Waals surface area contributed by atoms with E-state index in [1.165, 1.54) is 49.2 Å². The van der Waals surface area contributed by atoms with Gasteiger partial charge in [-0.1, -0.05) is 104 Å². The Kier molecular flexibility index (Phi) is 38.4. The van der Waals surface area contributed by atoms with Crippen LogP contribution in [0.1, 0.15) is 99.3 Å². The molecule has 2 rings (SSSR count). The molecule has 0 aromatic rings. The quantitative estimate of drug-likeness (QED) is 0.0473. The average Bonchev–Trinajstić information content (AvgIpc) is 3.31. The van der Waals surface area contributed by atoms with Gasteiger partial charge < -0.3 is 16.2 Å². The van der Waals surface area contributed by atoms with Gasteiger partial charge >= 0.3 is 5.97 Å². The number of aliphatic imine (C=N–C) groups is 1. The lowest BCUT2D eigenvalue weighted by Gasteiger charge is -2.23. The van der Waals surface area contributed by atoms with Crippen LogP contribution in [0.5, 0.6) is 0 Å². The summed E-state index contributed by atoms with van der Waals surface area (Å²) in [6, 6.07) is 0.525. The number of nitrogens with zero attached hydrogens (tertiary/aromatic N) is 3. The van der Waals surface area contributed by atoms with Crippen molar-refractivity contribution in [2.45, 2.75) is 105 Å². The number of carbonyl (C=O) groups excluding carboxylic acids is 1. The van der Waals surface area contributed by atoms with Crippen molar-refractivity contribution in [2.75, 3.05) is 20.1 Å². The summed E-state index contributed by atoms with van der Waals surface area (Å²) in [5.41, 5.74) is 9.07. The number of thioether (sulfide) groups is 1. The number of nitrogens with one attached hydrogen (secondary N) is 2.